The number of amides is 2. The summed E-state index contributed by atoms with van der Waals surface area (Å²) in [5.41, 5.74) is 0.735. The second kappa shape index (κ2) is 7.06. The molecule has 2 rings (SSSR count). The van der Waals surface area contributed by atoms with Gasteiger partial charge < -0.3 is 15.3 Å². The SMILES string of the molecule is CC(=O)Nc1ccccc1C(=O)N(CC(=O)O)C1CCCC1. The zero-order chi connectivity index (χ0) is 16.1. The monoisotopic (exact) mass is 304 g/mol. The van der Waals surface area contributed by atoms with Gasteiger partial charge in [-0.05, 0) is 25.0 Å². The summed E-state index contributed by atoms with van der Waals surface area (Å²) >= 11 is 0. The highest BCUT2D eigenvalue weighted by Gasteiger charge is 2.30. The Kier molecular flexibility index (Phi) is 5.14. The lowest BCUT2D eigenvalue weighted by molar-refractivity contribution is -0.138. The van der Waals surface area contributed by atoms with Crippen molar-refractivity contribution >= 4 is 23.5 Å². The maximum absolute atomic E-state index is 12.8. The molecule has 118 valence electrons. The van der Waals surface area contributed by atoms with Crippen molar-refractivity contribution in [1.82, 2.24) is 4.90 Å². The molecular formula is C16H20N2O4. The van der Waals surface area contributed by atoms with Crippen LogP contribution in [0.3, 0.4) is 0 Å². The number of carbonyl (C=O) groups excluding carboxylic acids is 2. The number of rotatable bonds is 5. The quantitative estimate of drug-likeness (QED) is 0.872. The highest BCUT2D eigenvalue weighted by atomic mass is 16.4. The molecule has 1 saturated carbocycles. The Bertz CT molecular complexity index is 579. The molecule has 1 aromatic carbocycles. The lowest BCUT2D eigenvalue weighted by Crippen LogP contribution is -2.42. The number of nitrogens with one attached hydrogen (secondary N) is 1. The fourth-order valence-electron chi connectivity index (χ4n) is 2.85. The van der Waals surface area contributed by atoms with E-state index in [1.165, 1.54) is 11.8 Å². The van der Waals surface area contributed by atoms with Gasteiger partial charge in [-0.15, -0.1) is 0 Å². The lowest BCUT2D eigenvalue weighted by Gasteiger charge is -2.28. The van der Waals surface area contributed by atoms with E-state index >= 15 is 0 Å². The van der Waals surface area contributed by atoms with Gasteiger partial charge in [-0.25, -0.2) is 0 Å². The van der Waals surface area contributed by atoms with Crippen LogP contribution in [0.15, 0.2) is 24.3 Å². The Morgan fingerprint density at radius 3 is 2.45 bits per heavy atom. The van der Waals surface area contributed by atoms with Gasteiger partial charge in [0.1, 0.15) is 6.54 Å². The largest absolute Gasteiger partial charge is 0.480 e. The van der Waals surface area contributed by atoms with E-state index in [0.717, 1.165) is 25.7 Å². The molecule has 2 N–H and O–H groups in total. The Balaban J connectivity index is 2.29. The summed E-state index contributed by atoms with van der Waals surface area (Å²) in [6.45, 7) is 1.05. The van der Waals surface area contributed by atoms with Crippen molar-refractivity contribution in [3.63, 3.8) is 0 Å². The highest BCUT2D eigenvalue weighted by Crippen LogP contribution is 2.26. The van der Waals surface area contributed by atoms with Crippen LogP contribution >= 0.6 is 0 Å². The van der Waals surface area contributed by atoms with Gasteiger partial charge in [0.2, 0.25) is 5.91 Å². The van der Waals surface area contributed by atoms with Crippen LogP contribution in [0.1, 0.15) is 43.0 Å². The topological polar surface area (TPSA) is 86.7 Å². The Morgan fingerprint density at radius 2 is 1.86 bits per heavy atom. The Hall–Kier alpha value is -2.37. The van der Waals surface area contributed by atoms with Crippen molar-refractivity contribution in [2.75, 3.05) is 11.9 Å². The molecule has 0 aliphatic heterocycles. The lowest BCUT2D eigenvalue weighted by atomic mass is 10.1. The second-order valence-corrected chi connectivity index (χ2v) is 5.49. The number of benzene rings is 1. The van der Waals surface area contributed by atoms with E-state index in [9.17, 15) is 14.4 Å². The summed E-state index contributed by atoms with van der Waals surface area (Å²) in [5, 5.41) is 11.7. The molecule has 0 aromatic heterocycles. The molecule has 0 saturated heterocycles. The fraction of sp³-hybridized carbons (Fsp3) is 0.438. The van der Waals surface area contributed by atoms with Crippen LogP contribution in [-0.2, 0) is 9.59 Å². The van der Waals surface area contributed by atoms with Gasteiger partial charge in [0.15, 0.2) is 0 Å². The third-order valence-corrected chi connectivity index (χ3v) is 3.80. The van der Waals surface area contributed by atoms with Gasteiger partial charge in [0.05, 0.1) is 11.3 Å². The van der Waals surface area contributed by atoms with Crippen LogP contribution in [0.5, 0.6) is 0 Å². The summed E-state index contributed by atoms with van der Waals surface area (Å²) in [5.74, 6) is -1.65. The van der Waals surface area contributed by atoms with Crippen LogP contribution in [0.2, 0.25) is 0 Å². The minimum Gasteiger partial charge on any atom is -0.480 e. The molecule has 6 nitrogen and oxygen atoms in total. The number of aliphatic carboxylic acids is 1. The molecule has 2 amide bonds. The summed E-state index contributed by atoms with van der Waals surface area (Å²) < 4.78 is 0. The summed E-state index contributed by atoms with van der Waals surface area (Å²) in [7, 11) is 0. The van der Waals surface area contributed by atoms with Gasteiger partial charge in [0, 0.05) is 13.0 Å². The molecule has 0 radical (unpaired) electrons. The van der Waals surface area contributed by atoms with Crippen molar-refractivity contribution in [3.8, 4) is 0 Å². The highest BCUT2D eigenvalue weighted by molar-refractivity contribution is 6.04. The minimum atomic E-state index is -1.03. The van der Waals surface area contributed by atoms with E-state index < -0.39 is 5.97 Å². The molecule has 1 aliphatic rings. The first-order valence-corrected chi connectivity index (χ1v) is 7.38. The molecule has 1 aliphatic carbocycles. The van der Waals surface area contributed by atoms with Crippen LogP contribution < -0.4 is 5.32 Å². The first-order chi connectivity index (χ1) is 10.5. The Morgan fingerprint density at radius 1 is 1.23 bits per heavy atom. The number of carboxylic acids is 1. The number of nitrogens with zero attached hydrogens (tertiary/aromatic N) is 1. The van der Waals surface area contributed by atoms with E-state index in [-0.39, 0.29) is 24.4 Å². The second-order valence-electron chi connectivity index (χ2n) is 5.49. The maximum atomic E-state index is 12.8. The number of hydrogen-bond acceptors (Lipinski definition) is 3. The molecule has 1 aromatic rings. The van der Waals surface area contributed by atoms with E-state index in [1.54, 1.807) is 24.3 Å². The maximum Gasteiger partial charge on any atom is 0.323 e. The normalized spacial score (nSPS) is 14.6. The van der Waals surface area contributed by atoms with Crippen LogP contribution in [0.25, 0.3) is 0 Å². The summed E-state index contributed by atoms with van der Waals surface area (Å²) in [4.78, 5) is 36.6. The van der Waals surface area contributed by atoms with Crippen molar-refractivity contribution in [1.29, 1.82) is 0 Å². The first-order valence-electron chi connectivity index (χ1n) is 7.38. The number of carboxylic acid groups (broad SMARTS) is 1. The summed E-state index contributed by atoms with van der Waals surface area (Å²) in [6.07, 6.45) is 3.64. The number of carbonyl (C=O) groups is 3. The molecule has 6 heteroatoms. The van der Waals surface area contributed by atoms with Crippen LogP contribution in [-0.4, -0.2) is 40.4 Å². The molecule has 0 spiro atoms. The van der Waals surface area contributed by atoms with Crippen molar-refractivity contribution in [2.24, 2.45) is 0 Å². The number of para-hydroxylation sites is 1. The Labute approximate surface area is 129 Å². The number of anilines is 1. The molecule has 1 fully saturated rings. The zero-order valence-corrected chi connectivity index (χ0v) is 12.5. The molecule has 22 heavy (non-hydrogen) atoms. The van der Waals surface area contributed by atoms with Gasteiger partial charge in [0.25, 0.3) is 5.91 Å². The summed E-state index contributed by atoms with van der Waals surface area (Å²) in [6, 6.07) is 6.62. The van der Waals surface area contributed by atoms with Gasteiger partial charge in [-0.2, -0.15) is 0 Å². The third-order valence-electron chi connectivity index (χ3n) is 3.80. The average Bonchev–Trinajstić information content (AvgIpc) is 2.98. The fourth-order valence-corrected chi connectivity index (χ4v) is 2.85. The first kappa shape index (κ1) is 16.0. The van der Waals surface area contributed by atoms with Crippen molar-refractivity contribution < 1.29 is 19.5 Å². The van der Waals surface area contributed by atoms with E-state index in [2.05, 4.69) is 5.32 Å². The van der Waals surface area contributed by atoms with E-state index in [0.29, 0.717) is 11.3 Å². The van der Waals surface area contributed by atoms with Gasteiger partial charge in [-0.1, -0.05) is 25.0 Å². The molecular weight excluding hydrogens is 284 g/mol. The van der Waals surface area contributed by atoms with E-state index in [4.69, 9.17) is 5.11 Å². The standard InChI is InChI=1S/C16H20N2O4/c1-11(19)17-14-9-5-4-8-13(14)16(22)18(10-15(20)21)12-6-2-3-7-12/h4-5,8-9,12H,2-3,6-7,10H2,1H3,(H,17,19)(H,20,21). The van der Waals surface area contributed by atoms with Crippen LogP contribution in [0, 0.1) is 0 Å². The molecule has 0 bridgehead atoms. The smallest absolute Gasteiger partial charge is 0.323 e. The molecule has 0 unspecified atom stereocenters. The van der Waals surface area contributed by atoms with Crippen LogP contribution in [0.4, 0.5) is 5.69 Å². The predicted molar refractivity (Wildman–Crippen MR) is 81.7 cm³/mol. The predicted octanol–water partition coefficient (Wildman–Crippen LogP) is 2.11. The molecule has 0 atom stereocenters. The average molecular weight is 304 g/mol. The van der Waals surface area contributed by atoms with Crippen molar-refractivity contribution in [3.05, 3.63) is 29.8 Å². The van der Waals surface area contributed by atoms with Crippen molar-refractivity contribution in [2.45, 2.75) is 38.6 Å². The third kappa shape index (κ3) is 3.84. The van der Waals surface area contributed by atoms with Gasteiger partial charge in [-0.3, -0.25) is 14.4 Å². The van der Waals surface area contributed by atoms with E-state index in [1.807, 2.05) is 0 Å². The minimum absolute atomic E-state index is 0.0472. The number of hydrogen-bond donors (Lipinski definition) is 2. The zero-order valence-electron chi connectivity index (χ0n) is 12.5. The molecule has 0 heterocycles. The van der Waals surface area contributed by atoms with Gasteiger partial charge >= 0.3 is 5.97 Å².